The molecule has 0 spiro atoms. The maximum atomic E-state index is 11.5. The predicted molar refractivity (Wildman–Crippen MR) is 49.7 cm³/mol. The third-order valence-corrected chi connectivity index (χ3v) is 2.19. The van der Waals surface area contributed by atoms with Crippen LogP contribution in [-0.4, -0.2) is 53.4 Å². The third-order valence-electron chi connectivity index (χ3n) is 2.19. The van der Waals surface area contributed by atoms with Crippen molar-refractivity contribution in [3.05, 3.63) is 0 Å². The summed E-state index contributed by atoms with van der Waals surface area (Å²) in [5.41, 5.74) is 0. The van der Waals surface area contributed by atoms with Gasteiger partial charge in [0, 0.05) is 6.54 Å². The third kappa shape index (κ3) is 2.39. The summed E-state index contributed by atoms with van der Waals surface area (Å²) in [7, 11) is 0. The van der Waals surface area contributed by atoms with Gasteiger partial charge in [-0.05, 0) is 6.92 Å². The number of rotatable bonds is 3. The van der Waals surface area contributed by atoms with Crippen LogP contribution in [0.25, 0.3) is 0 Å². The number of nitrogens with zero attached hydrogens (tertiary/aromatic N) is 2. The molecule has 6 heteroatoms. The van der Waals surface area contributed by atoms with Gasteiger partial charge in [-0.25, -0.2) is 0 Å². The van der Waals surface area contributed by atoms with E-state index >= 15 is 0 Å². The van der Waals surface area contributed by atoms with Crippen LogP contribution in [0, 0.1) is 0 Å². The smallest absolute Gasteiger partial charge is 0.248 e. The van der Waals surface area contributed by atoms with Crippen LogP contribution in [0.5, 0.6) is 0 Å². The Morgan fingerprint density at radius 2 is 1.87 bits per heavy atom. The Kier molecular flexibility index (Phi) is 3.54. The monoisotopic (exact) mass is 212 g/mol. The summed E-state index contributed by atoms with van der Waals surface area (Å²) in [6, 6.07) is 0. The first-order chi connectivity index (χ1) is 7.10. The van der Waals surface area contributed by atoms with Crippen LogP contribution >= 0.6 is 0 Å². The zero-order valence-corrected chi connectivity index (χ0v) is 8.43. The summed E-state index contributed by atoms with van der Waals surface area (Å²) in [6.45, 7) is 1.57. The van der Waals surface area contributed by atoms with E-state index in [2.05, 4.69) is 0 Å². The van der Waals surface area contributed by atoms with Gasteiger partial charge < -0.3 is 9.69 Å². The molecule has 0 aromatic rings. The lowest BCUT2D eigenvalue weighted by molar-refractivity contribution is -0.143. The van der Waals surface area contributed by atoms with Crippen molar-refractivity contribution >= 4 is 24.0 Å². The van der Waals surface area contributed by atoms with Crippen LogP contribution < -0.4 is 0 Å². The lowest BCUT2D eigenvalue weighted by Crippen LogP contribution is -2.39. The molecule has 82 valence electrons. The fourth-order valence-corrected chi connectivity index (χ4v) is 1.42. The zero-order chi connectivity index (χ0) is 11.4. The number of carbonyl (C=O) groups excluding carboxylic acids is 4. The minimum Gasteiger partial charge on any atom is -0.326 e. The molecule has 6 nitrogen and oxygen atoms in total. The van der Waals surface area contributed by atoms with Gasteiger partial charge in [0.15, 0.2) is 0 Å². The zero-order valence-electron chi connectivity index (χ0n) is 8.43. The van der Waals surface area contributed by atoms with Gasteiger partial charge in [-0.15, -0.1) is 0 Å². The van der Waals surface area contributed by atoms with Crippen LogP contribution in [0.2, 0.25) is 0 Å². The van der Waals surface area contributed by atoms with Gasteiger partial charge in [0.05, 0.1) is 6.54 Å². The summed E-state index contributed by atoms with van der Waals surface area (Å²) < 4.78 is 0. The van der Waals surface area contributed by atoms with Crippen molar-refractivity contribution < 1.29 is 19.2 Å². The number of hydrogen-bond acceptors (Lipinski definition) is 4. The number of amides is 3. The molecule has 1 saturated heterocycles. The average Bonchev–Trinajstić information content (AvgIpc) is 2.26. The van der Waals surface area contributed by atoms with E-state index in [9.17, 15) is 19.2 Å². The first-order valence-electron chi connectivity index (χ1n) is 4.64. The minimum atomic E-state index is -0.499. The Balaban J connectivity index is 2.85. The van der Waals surface area contributed by atoms with Crippen molar-refractivity contribution in [2.24, 2.45) is 0 Å². The van der Waals surface area contributed by atoms with Crippen LogP contribution in [0.1, 0.15) is 13.3 Å². The molecular formula is C9H12N2O4. The quantitative estimate of drug-likeness (QED) is 0.334. The molecule has 1 fully saturated rings. The standard InChI is InChI=1S/C9H12N2O4/c1-2-11-8(14)5-7(13)10(3-4-12)6-9(11)15/h4H,2-3,5-6H2,1H3. The highest BCUT2D eigenvalue weighted by Crippen LogP contribution is 2.06. The van der Waals surface area contributed by atoms with E-state index in [-0.39, 0.29) is 26.1 Å². The second kappa shape index (κ2) is 4.68. The van der Waals surface area contributed by atoms with E-state index in [1.165, 1.54) is 0 Å². The molecule has 0 saturated carbocycles. The van der Waals surface area contributed by atoms with Gasteiger partial charge in [0.1, 0.15) is 19.3 Å². The first kappa shape index (κ1) is 11.4. The molecule has 0 aromatic carbocycles. The molecular weight excluding hydrogens is 200 g/mol. The fraction of sp³-hybridized carbons (Fsp3) is 0.556. The van der Waals surface area contributed by atoms with E-state index < -0.39 is 17.7 Å². The Hall–Kier alpha value is -1.72. The number of carbonyl (C=O) groups is 4. The second-order valence-electron chi connectivity index (χ2n) is 3.15. The topological polar surface area (TPSA) is 74.8 Å². The van der Waals surface area contributed by atoms with Crippen LogP contribution in [0.4, 0.5) is 0 Å². The van der Waals surface area contributed by atoms with Gasteiger partial charge in [0.25, 0.3) is 0 Å². The summed E-state index contributed by atoms with van der Waals surface area (Å²) in [6.07, 6.45) is 0.199. The van der Waals surface area contributed by atoms with E-state index in [4.69, 9.17) is 0 Å². The Morgan fingerprint density at radius 3 is 2.40 bits per heavy atom. The predicted octanol–water partition coefficient (Wildman–Crippen LogP) is -1.21. The molecule has 0 unspecified atom stereocenters. The first-order valence-corrected chi connectivity index (χ1v) is 4.64. The molecule has 1 rings (SSSR count). The normalized spacial score (nSPS) is 18.1. The average molecular weight is 212 g/mol. The van der Waals surface area contributed by atoms with Crippen molar-refractivity contribution in [2.45, 2.75) is 13.3 Å². The molecule has 0 bridgehead atoms. The molecule has 1 heterocycles. The van der Waals surface area contributed by atoms with Crippen molar-refractivity contribution in [3.63, 3.8) is 0 Å². The maximum absolute atomic E-state index is 11.5. The highest BCUT2D eigenvalue weighted by Gasteiger charge is 2.30. The van der Waals surface area contributed by atoms with Crippen LogP contribution in [-0.2, 0) is 19.2 Å². The van der Waals surface area contributed by atoms with Crippen LogP contribution in [0.3, 0.4) is 0 Å². The fourth-order valence-electron chi connectivity index (χ4n) is 1.42. The lowest BCUT2D eigenvalue weighted by Gasteiger charge is -2.17. The van der Waals surface area contributed by atoms with Crippen molar-refractivity contribution in [3.8, 4) is 0 Å². The largest absolute Gasteiger partial charge is 0.326 e. The molecule has 1 aliphatic rings. The van der Waals surface area contributed by atoms with E-state index in [1.54, 1.807) is 6.92 Å². The number of aldehydes is 1. The van der Waals surface area contributed by atoms with Gasteiger partial charge >= 0.3 is 0 Å². The van der Waals surface area contributed by atoms with E-state index in [1.807, 2.05) is 0 Å². The molecule has 0 aromatic heterocycles. The van der Waals surface area contributed by atoms with Gasteiger partial charge in [0.2, 0.25) is 17.7 Å². The summed E-state index contributed by atoms with van der Waals surface area (Å²) in [5, 5.41) is 0. The number of hydrogen-bond donors (Lipinski definition) is 0. The SMILES string of the molecule is CCN1C(=O)CC(=O)N(CC=O)CC1=O. The summed E-state index contributed by atoms with van der Waals surface area (Å²) in [5.74, 6) is -1.41. The molecule has 0 radical (unpaired) electrons. The molecule has 1 aliphatic heterocycles. The summed E-state index contributed by atoms with van der Waals surface area (Å²) >= 11 is 0. The highest BCUT2D eigenvalue weighted by atomic mass is 16.2. The summed E-state index contributed by atoms with van der Waals surface area (Å²) in [4.78, 5) is 46.6. The van der Waals surface area contributed by atoms with Crippen molar-refractivity contribution in [2.75, 3.05) is 19.6 Å². The van der Waals surface area contributed by atoms with E-state index in [0.717, 1.165) is 9.80 Å². The molecule has 0 aliphatic carbocycles. The maximum Gasteiger partial charge on any atom is 0.248 e. The molecule has 0 atom stereocenters. The van der Waals surface area contributed by atoms with Crippen molar-refractivity contribution in [1.29, 1.82) is 0 Å². The number of imide groups is 1. The van der Waals surface area contributed by atoms with E-state index in [0.29, 0.717) is 6.29 Å². The second-order valence-corrected chi connectivity index (χ2v) is 3.15. The van der Waals surface area contributed by atoms with Gasteiger partial charge in [-0.1, -0.05) is 0 Å². The Labute approximate surface area is 86.8 Å². The van der Waals surface area contributed by atoms with Gasteiger partial charge in [-0.3, -0.25) is 19.3 Å². The van der Waals surface area contributed by atoms with Gasteiger partial charge in [-0.2, -0.15) is 0 Å². The van der Waals surface area contributed by atoms with Crippen LogP contribution in [0.15, 0.2) is 0 Å². The molecule has 15 heavy (non-hydrogen) atoms. The Bertz CT molecular complexity index is 313. The highest BCUT2D eigenvalue weighted by molar-refractivity contribution is 6.08. The lowest BCUT2D eigenvalue weighted by atomic mass is 10.3. The minimum absolute atomic E-state index is 0.143. The number of likely N-dealkylation sites (N-methyl/N-ethyl adjacent to an activating group) is 1. The molecule has 0 N–H and O–H groups in total. The molecule has 3 amide bonds. The van der Waals surface area contributed by atoms with Crippen molar-refractivity contribution in [1.82, 2.24) is 9.80 Å². The Morgan fingerprint density at radius 1 is 1.20 bits per heavy atom.